The maximum atomic E-state index is 12.9. The Morgan fingerprint density at radius 3 is 2.76 bits per heavy atom. The van der Waals surface area contributed by atoms with Crippen molar-refractivity contribution in [3.63, 3.8) is 0 Å². The van der Waals surface area contributed by atoms with E-state index in [0.29, 0.717) is 12.6 Å². The van der Waals surface area contributed by atoms with Crippen LogP contribution in [0.15, 0.2) is 34.7 Å². The Morgan fingerprint density at radius 2 is 2.04 bits per heavy atom. The van der Waals surface area contributed by atoms with Gasteiger partial charge in [-0.25, -0.2) is 0 Å². The van der Waals surface area contributed by atoms with Crippen LogP contribution in [0.4, 0.5) is 0 Å². The van der Waals surface area contributed by atoms with Crippen molar-refractivity contribution in [1.82, 2.24) is 4.90 Å². The molecular weight excluding hydrogens is 314 g/mol. The minimum absolute atomic E-state index is 0.0389. The molecule has 1 aromatic carbocycles. The van der Waals surface area contributed by atoms with Gasteiger partial charge in [-0.3, -0.25) is 4.79 Å². The third kappa shape index (κ3) is 3.58. The van der Waals surface area contributed by atoms with Crippen LogP contribution >= 0.6 is 0 Å². The van der Waals surface area contributed by atoms with E-state index in [4.69, 9.17) is 9.15 Å². The number of carbonyl (C=O) groups excluding carboxylic acids is 1. The van der Waals surface area contributed by atoms with E-state index in [1.165, 1.54) is 17.5 Å². The summed E-state index contributed by atoms with van der Waals surface area (Å²) in [6, 6.07) is 10.4. The maximum absolute atomic E-state index is 12.9. The first kappa shape index (κ1) is 16.2. The van der Waals surface area contributed by atoms with E-state index in [0.717, 1.165) is 43.0 Å². The zero-order chi connectivity index (χ0) is 17.4. The van der Waals surface area contributed by atoms with E-state index in [-0.39, 0.29) is 5.91 Å². The van der Waals surface area contributed by atoms with Crippen molar-refractivity contribution in [3.8, 4) is 5.75 Å². The van der Waals surface area contributed by atoms with Crippen LogP contribution in [0.1, 0.15) is 48.8 Å². The number of nitrogens with zero attached hydrogens (tertiary/aromatic N) is 1. The summed E-state index contributed by atoms with van der Waals surface area (Å²) >= 11 is 0. The molecule has 1 amide bonds. The van der Waals surface area contributed by atoms with E-state index in [9.17, 15) is 4.79 Å². The zero-order valence-corrected chi connectivity index (χ0v) is 15.0. The van der Waals surface area contributed by atoms with Crippen molar-refractivity contribution in [1.29, 1.82) is 0 Å². The molecular formula is C21H25NO3. The zero-order valence-electron chi connectivity index (χ0n) is 15.0. The molecule has 132 valence electrons. The summed E-state index contributed by atoms with van der Waals surface area (Å²) in [4.78, 5) is 14.8. The second-order valence-corrected chi connectivity index (χ2v) is 7.25. The van der Waals surface area contributed by atoms with Gasteiger partial charge in [-0.2, -0.15) is 0 Å². The molecule has 1 heterocycles. The number of hydrogen-bond donors (Lipinski definition) is 0. The Hall–Kier alpha value is -2.23. The minimum Gasteiger partial charge on any atom is -0.481 e. The van der Waals surface area contributed by atoms with Gasteiger partial charge in [0.15, 0.2) is 6.10 Å². The lowest BCUT2D eigenvalue weighted by Crippen LogP contribution is -2.41. The highest BCUT2D eigenvalue weighted by atomic mass is 16.5. The van der Waals surface area contributed by atoms with Gasteiger partial charge in [0.05, 0.1) is 6.54 Å². The Labute approximate surface area is 148 Å². The first-order valence-corrected chi connectivity index (χ1v) is 9.24. The van der Waals surface area contributed by atoms with Gasteiger partial charge in [-0.1, -0.05) is 6.07 Å². The largest absolute Gasteiger partial charge is 0.481 e. The Kier molecular flexibility index (Phi) is 4.28. The second kappa shape index (κ2) is 6.58. The molecule has 1 aromatic heterocycles. The molecule has 0 saturated heterocycles. The number of benzene rings is 1. The highest BCUT2D eigenvalue weighted by molar-refractivity contribution is 5.81. The van der Waals surface area contributed by atoms with Gasteiger partial charge in [0.2, 0.25) is 0 Å². The van der Waals surface area contributed by atoms with Crippen molar-refractivity contribution >= 4 is 5.91 Å². The topological polar surface area (TPSA) is 42.7 Å². The van der Waals surface area contributed by atoms with Crippen LogP contribution in [0.3, 0.4) is 0 Å². The summed E-state index contributed by atoms with van der Waals surface area (Å²) in [6.45, 7) is 4.29. The number of fused-ring (bicyclic) bond motifs is 1. The Balaban J connectivity index is 1.44. The molecule has 2 aliphatic rings. The summed E-state index contributed by atoms with van der Waals surface area (Å²) in [5.74, 6) is 2.55. The number of carbonyl (C=O) groups is 1. The SMILES string of the molecule is Cc1ccc(CN(C(=O)[C@@H](C)Oc2ccc3c(c2)CCC3)C2CC2)o1. The third-order valence-electron chi connectivity index (χ3n) is 5.12. The molecule has 0 N–H and O–H groups in total. The summed E-state index contributed by atoms with van der Waals surface area (Å²) in [5, 5.41) is 0. The fourth-order valence-electron chi connectivity index (χ4n) is 3.62. The van der Waals surface area contributed by atoms with E-state index in [2.05, 4.69) is 12.1 Å². The molecule has 1 atom stereocenters. The predicted molar refractivity (Wildman–Crippen MR) is 95.6 cm³/mol. The highest BCUT2D eigenvalue weighted by Gasteiger charge is 2.36. The molecule has 0 bridgehead atoms. The van der Waals surface area contributed by atoms with Gasteiger partial charge in [0.25, 0.3) is 5.91 Å². The Bertz CT molecular complexity index is 775. The molecule has 0 radical (unpaired) electrons. The molecule has 2 aliphatic carbocycles. The van der Waals surface area contributed by atoms with Gasteiger partial charge in [-0.05, 0) is 81.3 Å². The lowest BCUT2D eigenvalue weighted by molar-refractivity contribution is -0.139. The van der Waals surface area contributed by atoms with Crippen LogP contribution in [0, 0.1) is 6.92 Å². The van der Waals surface area contributed by atoms with Crippen LogP contribution in [0.2, 0.25) is 0 Å². The molecule has 1 saturated carbocycles. The molecule has 1 fully saturated rings. The number of ether oxygens (including phenoxy) is 1. The highest BCUT2D eigenvalue weighted by Crippen LogP contribution is 2.31. The Morgan fingerprint density at radius 1 is 1.24 bits per heavy atom. The molecule has 4 nitrogen and oxygen atoms in total. The average molecular weight is 339 g/mol. The third-order valence-corrected chi connectivity index (χ3v) is 5.12. The van der Waals surface area contributed by atoms with Crippen LogP contribution in [-0.2, 0) is 24.2 Å². The van der Waals surface area contributed by atoms with Crippen LogP contribution in [0.25, 0.3) is 0 Å². The molecule has 0 unspecified atom stereocenters. The number of amides is 1. The number of hydrogen-bond acceptors (Lipinski definition) is 3. The van der Waals surface area contributed by atoms with E-state index in [1.54, 1.807) is 0 Å². The molecule has 4 rings (SSSR count). The first-order chi connectivity index (χ1) is 12.1. The normalized spacial score (nSPS) is 17.2. The lowest BCUT2D eigenvalue weighted by Gasteiger charge is -2.25. The van der Waals surface area contributed by atoms with Crippen molar-refractivity contribution < 1.29 is 13.9 Å². The van der Waals surface area contributed by atoms with Crippen LogP contribution in [0.5, 0.6) is 5.75 Å². The van der Waals surface area contributed by atoms with Crippen molar-refractivity contribution in [2.24, 2.45) is 0 Å². The quantitative estimate of drug-likeness (QED) is 0.798. The monoisotopic (exact) mass is 339 g/mol. The minimum atomic E-state index is -0.490. The maximum Gasteiger partial charge on any atom is 0.264 e. The second-order valence-electron chi connectivity index (χ2n) is 7.25. The van der Waals surface area contributed by atoms with Gasteiger partial charge in [-0.15, -0.1) is 0 Å². The molecule has 25 heavy (non-hydrogen) atoms. The lowest BCUT2D eigenvalue weighted by atomic mass is 10.1. The van der Waals surface area contributed by atoms with E-state index in [1.807, 2.05) is 36.9 Å². The summed E-state index contributed by atoms with van der Waals surface area (Å²) in [7, 11) is 0. The van der Waals surface area contributed by atoms with Crippen LogP contribution < -0.4 is 4.74 Å². The van der Waals surface area contributed by atoms with Gasteiger partial charge in [0, 0.05) is 6.04 Å². The average Bonchev–Trinajstić information content (AvgIpc) is 3.19. The van der Waals surface area contributed by atoms with Crippen LogP contribution in [-0.4, -0.2) is 23.0 Å². The standard InChI is InChI=1S/C21H25NO3/c1-14-6-10-20(24-14)13-22(18-8-9-18)21(23)15(2)25-19-11-7-16-4-3-5-17(16)12-19/h6-7,10-12,15,18H,3-5,8-9,13H2,1-2H3/t15-/m1/s1. The fraction of sp³-hybridized carbons (Fsp3) is 0.476. The van der Waals surface area contributed by atoms with Crippen molar-refractivity contribution in [2.75, 3.05) is 0 Å². The van der Waals surface area contributed by atoms with E-state index < -0.39 is 6.10 Å². The van der Waals surface area contributed by atoms with Crippen molar-refractivity contribution in [3.05, 3.63) is 53.0 Å². The molecule has 0 spiro atoms. The first-order valence-electron chi connectivity index (χ1n) is 9.24. The van der Waals surface area contributed by atoms with Crippen molar-refractivity contribution in [2.45, 2.75) is 64.6 Å². The summed E-state index contributed by atoms with van der Waals surface area (Å²) < 4.78 is 11.6. The fourth-order valence-corrected chi connectivity index (χ4v) is 3.62. The van der Waals surface area contributed by atoms with Gasteiger partial charge < -0.3 is 14.1 Å². The number of rotatable bonds is 6. The van der Waals surface area contributed by atoms with Gasteiger partial charge >= 0.3 is 0 Å². The predicted octanol–water partition coefficient (Wildman–Crippen LogP) is 4.04. The summed E-state index contributed by atoms with van der Waals surface area (Å²) in [5.41, 5.74) is 2.78. The smallest absolute Gasteiger partial charge is 0.264 e. The number of aryl methyl sites for hydroxylation is 3. The molecule has 2 aromatic rings. The molecule has 4 heteroatoms. The summed E-state index contributed by atoms with van der Waals surface area (Å²) in [6.07, 6.45) is 5.12. The number of furan rings is 1. The van der Waals surface area contributed by atoms with E-state index >= 15 is 0 Å². The molecule has 0 aliphatic heterocycles. The van der Waals surface area contributed by atoms with Gasteiger partial charge in [0.1, 0.15) is 17.3 Å².